The van der Waals surface area contributed by atoms with Crippen LogP contribution in [0.2, 0.25) is 5.02 Å². The van der Waals surface area contributed by atoms with E-state index < -0.39 is 35.5 Å². The Morgan fingerprint density at radius 3 is 2.30 bits per heavy atom. The molecule has 0 saturated heterocycles. The van der Waals surface area contributed by atoms with Gasteiger partial charge in [0.1, 0.15) is 6.61 Å². The highest BCUT2D eigenvalue weighted by atomic mass is 35.5. The average molecular weight is 602 g/mol. The zero-order valence-electron chi connectivity index (χ0n) is 21.8. The average Bonchev–Trinajstić information content (AvgIpc) is 2.93. The van der Waals surface area contributed by atoms with Gasteiger partial charge in [-0.1, -0.05) is 23.7 Å². The van der Waals surface area contributed by atoms with Gasteiger partial charge in [0.25, 0.3) is 5.91 Å². The lowest BCUT2D eigenvalue weighted by Gasteiger charge is -2.32. The number of pyridine rings is 1. The molecule has 1 heterocycles. The van der Waals surface area contributed by atoms with Gasteiger partial charge in [-0.2, -0.15) is 13.2 Å². The Kier molecular flexibility index (Phi) is 9.91. The number of carbonyl (C=O) groups is 1. The van der Waals surface area contributed by atoms with Crippen molar-refractivity contribution in [1.82, 2.24) is 15.1 Å². The molecular weight excluding hydrogens is 574 g/mol. The zero-order valence-corrected chi connectivity index (χ0v) is 23.3. The second-order valence-corrected chi connectivity index (χ2v) is 9.96. The molecule has 0 aliphatic carbocycles. The van der Waals surface area contributed by atoms with E-state index in [2.05, 4.69) is 15.1 Å². The summed E-state index contributed by atoms with van der Waals surface area (Å²) < 4.78 is 53.9. The summed E-state index contributed by atoms with van der Waals surface area (Å²) in [6.45, 7) is 1.75. The van der Waals surface area contributed by atoms with Crippen molar-refractivity contribution in [2.75, 3.05) is 26.9 Å². The fourth-order valence-corrected chi connectivity index (χ4v) is 3.89. The molecule has 0 aliphatic heterocycles. The molecule has 1 amide bonds. The molecule has 216 valence electrons. The van der Waals surface area contributed by atoms with E-state index in [-0.39, 0.29) is 36.0 Å². The number of aliphatic hydroxyl groups is 2. The molecule has 1 unspecified atom stereocenters. The van der Waals surface area contributed by atoms with Crippen LogP contribution in [0, 0.1) is 0 Å². The molecule has 0 spiro atoms. The number of ether oxygens (including phenoxy) is 2. The fraction of sp³-hybridized carbons (Fsp3) is 0.333. The number of rotatable bonds is 11. The molecule has 0 radical (unpaired) electrons. The third-order valence-electron chi connectivity index (χ3n) is 6.10. The number of hydrogen-bond acceptors (Lipinski definition) is 7. The summed E-state index contributed by atoms with van der Waals surface area (Å²) >= 11 is 11.8. The zero-order chi connectivity index (χ0) is 29.7. The first kappa shape index (κ1) is 31.4. The first-order valence-corrected chi connectivity index (χ1v) is 12.7. The smallest absolute Gasteiger partial charge is 0.424 e. The Bertz CT molecular complexity index is 1340. The highest BCUT2D eigenvalue weighted by Gasteiger charge is 2.56. The molecule has 2 aromatic carbocycles. The van der Waals surface area contributed by atoms with Crippen LogP contribution in [-0.4, -0.2) is 54.1 Å². The van der Waals surface area contributed by atoms with Crippen molar-refractivity contribution in [2.45, 2.75) is 31.2 Å². The SMILES string of the molecule is COc1cc(C(=O)NCC(O)(c2cc(C(C)(C)NCl)cc(-c3ccc(Cl)cc3)n2)C(F)(F)F)ccc1OCCO. The van der Waals surface area contributed by atoms with Crippen LogP contribution in [0.4, 0.5) is 13.2 Å². The molecule has 0 saturated carbocycles. The van der Waals surface area contributed by atoms with Gasteiger partial charge >= 0.3 is 6.18 Å². The molecule has 8 nitrogen and oxygen atoms in total. The third kappa shape index (κ3) is 6.97. The van der Waals surface area contributed by atoms with Crippen molar-refractivity contribution in [3.8, 4) is 22.8 Å². The topological polar surface area (TPSA) is 113 Å². The Morgan fingerprint density at radius 2 is 1.73 bits per heavy atom. The van der Waals surface area contributed by atoms with Crippen LogP contribution in [-0.2, 0) is 11.1 Å². The predicted molar refractivity (Wildman–Crippen MR) is 145 cm³/mol. The summed E-state index contributed by atoms with van der Waals surface area (Å²) in [7, 11) is 1.32. The van der Waals surface area contributed by atoms with E-state index in [1.165, 1.54) is 25.3 Å². The van der Waals surface area contributed by atoms with Gasteiger partial charge in [-0.3, -0.25) is 4.79 Å². The van der Waals surface area contributed by atoms with Gasteiger partial charge in [0.2, 0.25) is 5.60 Å². The first-order chi connectivity index (χ1) is 18.8. The van der Waals surface area contributed by atoms with Gasteiger partial charge in [-0.25, -0.2) is 9.82 Å². The summed E-state index contributed by atoms with van der Waals surface area (Å²) in [4.78, 5) is 19.5. The summed E-state index contributed by atoms with van der Waals surface area (Å²) in [5, 5.41) is 22.6. The molecule has 0 fully saturated rings. The van der Waals surface area contributed by atoms with Crippen molar-refractivity contribution in [2.24, 2.45) is 0 Å². The Morgan fingerprint density at radius 1 is 1.05 bits per heavy atom. The highest BCUT2D eigenvalue weighted by molar-refractivity contribution is 6.30. The van der Waals surface area contributed by atoms with Gasteiger partial charge in [-0.15, -0.1) is 0 Å². The van der Waals surface area contributed by atoms with E-state index >= 15 is 0 Å². The van der Waals surface area contributed by atoms with Gasteiger partial charge in [0.15, 0.2) is 11.5 Å². The summed E-state index contributed by atoms with van der Waals surface area (Å²) in [5.74, 6) is -0.553. The van der Waals surface area contributed by atoms with Crippen molar-refractivity contribution in [3.63, 3.8) is 0 Å². The maximum atomic E-state index is 14.5. The van der Waals surface area contributed by atoms with Gasteiger partial charge in [-0.05, 0) is 73.7 Å². The Hall–Kier alpha value is -3.09. The van der Waals surface area contributed by atoms with Crippen LogP contribution in [0.1, 0.15) is 35.5 Å². The van der Waals surface area contributed by atoms with E-state index in [4.69, 9.17) is 38.0 Å². The number of alkyl halides is 3. The standard InChI is InChI=1S/C27H28Cl2F3N3O5/c1-25(2,35-29)18-13-20(16-4-7-19(28)8-5-16)34-23(14-18)26(38,27(30,31)32)15-33-24(37)17-6-9-21(40-11-10-36)22(12-17)39-3/h4-9,12-14,35-36,38H,10-11,15H2,1-3H3,(H,33,37). The highest BCUT2D eigenvalue weighted by Crippen LogP contribution is 2.40. The maximum Gasteiger partial charge on any atom is 0.424 e. The maximum absolute atomic E-state index is 14.5. The van der Waals surface area contributed by atoms with Crippen LogP contribution in [0.5, 0.6) is 11.5 Å². The fourth-order valence-electron chi connectivity index (χ4n) is 3.66. The predicted octanol–water partition coefficient (Wildman–Crippen LogP) is 4.94. The minimum Gasteiger partial charge on any atom is -0.493 e. The molecule has 3 rings (SSSR count). The van der Waals surface area contributed by atoms with Crippen molar-refractivity contribution in [1.29, 1.82) is 0 Å². The van der Waals surface area contributed by atoms with Crippen LogP contribution in [0.3, 0.4) is 0 Å². The van der Waals surface area contributed by atoms with E-state index in [9.17, 15) is 23.1 Å². The summed E-state index contributed by atoms with van der Waals surface area (Å²) in [6, 6.07) is 12.9. The third-order valence-corrected chi connectivity index (χ3v) is 6.82. The molecule has 1 aromatic heterocycles. The van der Waals surface area contributed by atoms with E-state index in [1.54, 1.807) is 44.2 Å². The number of benzene rings is 2. The minimum absolute atomic E-state index is 0.0271. The number of amides is 1. The first-order valence-electron chi connectivity index (χ1n) is 11.9. The van der Waals surface area contributed by atoms with Crippen LogP contribution in [0.25, 0.3) is 11.3 Å². The number of aliphatic hydroxyl groups excluding tert-OH is 1. The quantitative estimate of drug-likeness (QED) is 0.230. The van der Waals surface area contributed by atoms with Gasteiger partial charge < -0.3 is 25.0 Å². The number of carbonyl (C=O) groups excluding carboxylic acids is 1. The molecular formula is C27H28Cl2F3N3O5. The molecule has 4 N–H and O–H groups in total. The Labute approximate surface area is 239 Å². The number of hydrogen-bond donors (Lipinski definition) is 4. The number of nitrogens with zero attached hydrogens (tertiary/aromatic N) is 1. The molecule has 40 heavy (non-hydrogen) atoms. The monoisotopic (exact) mass is 601 g/mol. The van der Waals surface area contributed by atoms with Crippen LogP contribution < -0.4 is 19.6 Å². The van der Waals surface area contributed by atoms with E-state index in [0.717, 1.165) is 6.07 Å². The second-order valence-electron chi connectivity index (χ2n) is 9.33. The second kappa shape index (κ2) is 12.6. The molecule has 0 bridgehead atoms. The van der Waals surface area contributed by atoms with Crippen molar-refractivity contribution < 1.29 is 37.7 Å². The normalized spacial score (nSPS) is 13.4. The summed E-state index contributed by atoms with van der Waals surface area (Å²) in [6.07, 6.45) is -5.23. The van der Waals surface area contributed by atoms with Crippen LogP contribution >= 0.6 is 23.4 Å². The number of aromatic nitrogens is 1. The number of halogens is 5. The number of methoxy groups -OCH3 is 1. The molecule has 1 atom stereocenters. The van der Waals surface area contributed by atoms with Gasteiger partial charge in [0, 0.05) is 16.1 Å². The lowest BCUT2D eigenvalue weighted by atomic mass is 9.89. The Balaban J connectivity index is 2.02. The number of nitrogens with one attached hydrogen (secondary N) is 2. The van der Waals surface area contributed by atoms with Crippen molar-refractivity contribution >= 4 is 29.3 Å². The lowest BCUT2D eigenvalue weighted by molar-refractivity contribution is -0.265. The van der Waals surface area contributed by atoms with Crippen LogP contribution in [0.15, 0.2) is 54.6 Å². The lowest BCUT2D eigenvalue weighted by Crippen LogP contribution is -2.51. The van der Waals surface area contributed by atoms with Crippen molar-refractivity contribution in [3.05, 3.63) is 76.4 Å². The minimum atomic E-state index is -5.23. The molecule has 13 heteroatoms. The van der Waals surface area contributed by atoms with E-state index in [1.807, 2.05) is 0 Å². The van der Waals surface area contributed by atoms with E-state index in [0.29, 0.717) is 16.1 Å². The molecule has 3 aromatic rings. The molecule has 0 aliphatic rings. The summed E-state index contributed by atoms with van der Waals surface area (Å²) in [5.41, 5.74) is -4.51. The van der Waals surface area contributed by atoms with Gasteiger partial charge in [0.05, 0.1) is 37.2 Å². The largest absolute Gasteiger partial charge is 0.493 e.